The molecule has 2 unspecified atom stereocenters. The van der Waals surface area contributed by atoms with E-state index in [2.05, 4.69) is 33.4 Å². The highest BCUT2D eigenvalue weighted by atomic mass is 35.5. The lowest BCUT2D eigenvalue weighted by molar-refractivity contribution is 0.584. The Morgan fingerprint density at radius 2 is 1.88 bits per heavy atom. The lowest BCUT2D eigenvalue weighted by Gasteiger charge is -2.04. The Hall–Kier alpha value is -0.460. The quantitative estimate of drug-likeness (QED) is 0.628. The standard InChI is InChI=1S/C14H16Cl2/c1-8(2)12-13(14(12,3)4)9-5-6-10(15)11(16)7-9/h5-7,12-13H,1H2,2-4H3. The molecule has 1 aromatic rings. The molecule has 0 radical (unpaired) electrons. The van der Waals surface area contributed by atoms with Crippen LogP contribution in [0.15, 0.2) is 30.4 Å². The zero-order valence-corrected chi connectivity index (χ0v) is 11.4. The molecule has 16 heavy (non-hydrogen) atoms. The summed E-state index contributed by atoms with van der Waals surface area (Å²) in [6.45, 7) is 10.7. The molecule has 0 aromatic heterocycles. The van der Waals surface area contributed by atoms with E-state index in [9.17, 15) is 0 Å². The lowest BCUT2D eigenvalue weighted by Crippen LogP contribution is -1.90. The van der Waals surface area contributed by atoms with E-state index < -0.39 is 0 Å². The van der Waals surface area contributed by atoms with Crippen LogP contribution < -0.4 is 0 Å². The monoisotopic (exact) mass is 254 g/mol. The zero-order chi connectivity index (χ0) is 12.1. The zero-order valence-electron chi connectivity index (χ0n) is 9.85. The molecule has 86 valence electrons. The van der Waals surface area contributed by atoms with Crippen molar-refractivity contribution < 1.29 is 0 Å². The van der Waals surface area contributed by atoms with Gasteiger partial charge in [0.25, 0.3) is 0 Å². The maximum Gasteiger partial charge on any atom is 0.0595 e. The van der Waals surface area contributed by atoms with Crippen molar-refractivity contribution >= 4 is 23.2 Å². The number of benzene rings is 1. The summed E-state index contributed by atoms with van der Waals surface area (Å²) in [4.78, 5) is 0. The fourth-order valence-electron chi connectivity index (χ4n) is 2.89. The minimum absolute atomic E-state index is 0.295. The minimum Gasteiger partial charge on any atom is -0.0998 e. The van der Waals surface area contributed by atoms with Crippen molar-refractivity contribution in [3.63, 3.8) is 0 Å². The molecule has 1 fully saturated rings. The van der Waals surface area contributed by atoms with Crippen LogP contribution in [0.3, 0.4) is 0 Å². The molecule has 2 rings (SSSR count). The molecular weight excluding hydrogens is 239 g/mol. The van der Waals surface area contributed by atoms with Crippen molar-refractivity contribution in [1.82, 2.24) is 0 Å². The maximum atomic E-state index is 6.05. The van der Waals surface area contributed by atoms with Gasteiger partial charge in [0.15, 0.2) is 0 Å². The van der Waals surface area contributed by atoms with Gasteiger partial charge in [-0.3, -0.25) is 0 Å². The number of hydrogen-bond donors (Lipinski definition) is 0. The Morgan fingerprint density at radius 3 is 2.31 bits per heavy atom. The van der Waals surface area contributed by atoms with Crippen LogP contribution in [0.5, 0.6) is 0 Å². The van der Waals surface area contributed by atoms with E-state index >= 15 is 0 Å². The van der Waals surface area contributed by atoms with Gasteiger partial charge in [-0.25, -0.2) is 0 Å². The summed E-state index contributed by atoms with van der Waals surface area (Å²) >= 11 is 12.0. The number of halogens is 2. The van der Waals surface area contributed by atoms with Crippen LogP contribution >= 0.6 is 23.2 Å². The van der Waals surface area contributed by atoms with Gasteiger partial charge in [-0.05, 0) is 41.9 Å². The molecule has 1 saturated carbocycles. The van der Waals surface area contributed by atoms with E-state index in [1.165, 1.54) is 11.1 Å². The highest BCUT2D eigenvalue weighted by Crippen LogP contribution is 2.67. The molecule has 0 nitrogen and oxygen atoms in total. The highest BCUT2D eigenvalue weighted by Gasteiger charge is 2.58. The van der Waals surface area contributed by atoms with Crippen molar-refractivity contribution in [3.8, 4) is 0 Å². The first kappa shape index (κ1) is 12.0. The molecule has 2 heteroatoms. The third-order valence-electron chi connectivity index (χ3n) is 3.66. The van der Waals surface area contributed by atoms with Crippen LogP contribution in [-0.2, 0) is 0 Å². The van der Waals surface area contributed by atoms with Crippen LogP contribution in [0.4, 0.5) is 0 Å². The SMILES string of the molecule is C=C(C)C1C(c2ccc(Cl)c(Cl)c2)C1(C)C. The highest BCUT2D eigenvalue weighted by molar-refractivity contribution is 6.42. The summed E-state index contributed by atoms with van der Waals surface area (Å²) in [7, 11) is 0. The van der Waals surface area contributed by atoms with Crippen LogP contribution in [0.1, 0.15) is 32.3 Å². The molecule has 1 aliphatic carbocycles. The normalized spacial score (nSPS) is 26.6. The van der Waals surface area contributed by atoms with Crippen LogP contribution in [0.25, 0.3) is 0 Å². The van der Waals surface area contributed by atoms with Gasteiger partial charge in [0.05, 0.1) is 10.0 Å². The van der Waals surface area contributed by atoms with Crippen molar-refractivity contribution in [2.45, 2.75) is 26.7 Å². The third-order valence-corrected chi connectivity index (χ3v) is 4.40. The van der Waals surface area contributed by atoms with Crippen LogP contribution in [0, 0.1) is 11.3 Å². The van der Waals surface area contributed by atoms with E-state index in [0.29, 0.717) is 27.3 Å². The van der Waals surface area contributed by atoms with Gasteiger partial charge in [0.1, 0.15) is 0 Å². The average Bonchev–Trinajstić information content (AvgIpc) is 2.74. The van der Waals surface area contributed by atoms with Gasteiger partial charge >= 0.3 is 0 Å². The molecule has 0 N–H and O–H groups in total. The summed E-state index contributed by atoms with van der Waals surface area (Å²) in [5, 5.41) is 1.26. The Morgan fingerprint density at radius 1 is 1.25 bits per heavy atom. The maximum absolute atomic E-state index is 6.05. The minimum atomic E-state index is 0.295. The lowest BCUT2D eigenvalue weighted by atomic mass is 10.0. The molecule has 1 aliphatic rings. The van der Waals surface area contributed by atoms with Crippen LogP contribution in [-0.4, -0.2) is 0 Å². The fourth-order valence-corrected chi connectivity index (χ4v) is 3.19. The largest absolute Gasteiger partial charge is 0.0998 e. The van der Waals surface area contributed by atoms with Crippen molar-refractivity contribution in [2.75, 3.05) is 0 Å². The van der Waals surface area contributed by atoms with E-state index in [-0.39, 0.29) is 0 Å². The molecular formula is C14H16Cl2. The molecule has 0 spiro atoms. The van der Waals surface area contributed by atoms with E-state index in [1.54, 1.807) is 0 Å². The van der Waals surface area contributed by atoms with E-state index in [1.807, 2.05) is 12.1 Å². The van der Waals surface area contributed by atoms with E-state index in [4.69, 9.17) is 23.2 Å². The summed E-state index contributed by atoms with van der Waals surface area (Å²) in [5.74, 6) is 1.09. The van der Waals surface area contributed by atoms with Gasteiger partial charge in [-0.2, -0.15) is 0 Å². The first-order valence-electron chi connectivity index (χ1n) is 5.46. The average molecular weight is 255 g/mol. The summed E-state index contributed by atoms with van der Waals surface area (Å²) in [6.07, 6.45) is 0. The molecule has 0 bridgehead atoms. The molecule has 0 aliphatic heterocycles. The summed E-state index contributed by atoms with van der Waals surface area (Å²) in [5.41, 5.74) is 2.82. The molecule has 1 aromatic carbocycles. The fraction of sp³-hybridized carbons (Fsp3) is 0.429. The number of rotatable bonds is 2. The molecule has 0 heterocycles. The first-order valence-corrected chi connectivity index (χ1v) is 6.21. The van der Waals surface area contributed by atoms with Crippen molar-refractivity contribution in [1.29, 1.82) is 0 Å². The number of hydrogen-bond acceptors (Lipinski definition) is 0. The number of allylic oxidation sites excluding steroid dienone is 1. The van der Waals surface area contributed by atoms with Gasteiger partial charge in [0.2, 0.25) is 0 Å². The predicted molar refractivity (Wildman–Crippen MR) is 71.3 cm³/mol. The summed E-state index contributed by atoms with van der Waals surface area (Å²) < 4.78 is 0. The molecule has 2 atom stereocenters. The molecule has 0 saturated heterocycles. The first-order chi connectivity index (χ1) is 7.35. The Balaban J connectivity index is 2.33. The smallest absolute Gasteiger partial charge is 0.0595 e. The second kappa shape index (κ2) is 3.78. The second-order valence-corrected chi connectivity index (χ2v) is 6.11. The Bertz CT molecular complexity index is 446. The molecule has 0 amide bonds. The summed E-state index contributed by atoms with van der Waals surface area (Å²) in [6, 6.07) is 5.94. The van der Waals surface area contributed by atoms with Crippen LogP contribution in [0.2, 0.25) is 10.0 Å². The van der Waals surface area contributed by atoms with Gasteiger partial charge in [0, 0.05) is 0 Å². The Kier molecular flexibility index (Phi) is 2.84. The third kappa shape index (κ3) is 1.78. The topological polar surface area (TPSA) is 0 Å². The Labute approximate surface area is 107 Å². The van der Waals surface area contributed by atoms with Gasteiger partial charge in [-0.15, -0.1) is 0 Å². The second-order valence-electron chi connectivity index (χ2n) is 5.30. The van der Waals surface area contributed by atoms with Gasteiger partial charge in [-0.1, -0.05) is 55.3 Å². The van der Waals surface area contributed by atoms with Crippen molar-refractivity contribution in [2.24, 2.45) is 11.3 Å². The predicted octanol–water partition coefficient (Wildman–Crippen LogP) is 5.31. The van der Waals surface area contributed by atoms with Crippen molar-refractivity contribution in [3.05, 3.63) is 46.0 Å². The van der Waals surface area contributed by atoms with Gasteiger partial charge < -0.3 is 0 Å². The van der Waals surface area contributed by atoms with E-state index in [0.717, 1.165) is 0 Å².